The summed E-state index contributed by atoms with van der Waals surface area (Å²) in [5.74, 6) is 0. The standard InChI is InChI=1S/C19H22N4S/c1-2-9-21-13-18-14-24-19(23-18)22-17-5-3-15(4-6-17)12-16-7-10-20-11-8-16/h3-8,10-11,14,21H,2,9,12-13H2,1H3,(H,22,23). The van der Waals surface area contributed by atoms with Crippen LogP contribution < -0.4 is 10.6 Å². The van der Waals surface area contributed by atoms with Crippen LogP contribution in [0.15, 0.2) is 54.2 Å². The highest BCUT2D eigenvalue weighted by Gasteiger charge is 2.03. The molecule has 0 amide bonds. The van der Waals surface area contributed by atoms with E-state index in [2.05, 4.69) is 69.3 Å². The summed E-state index contributed by atoms with van der Waals surface area (Å²) in [4.78, 5) is 8.66. The van der Waals surface area contributed by atoms with Crippen LogP contribution in [0.2, 0.25) is 0 Å². The van der Waals surface area contributed by atoms with Gasteiger partial charge in [-0.25, -0.2) is 4.98 Å². The van der Waals surface area contributed by atoms with Gasteiger partial charge in [-0.05, 0) is 54.8 Å². The van der Waals surface area contributed by atoms with Crippen molar-refractivity contribution in [3.63, 3.8) is 0 Å². The maximum Gasteiger partial charge on any atom is 0.187 e. The Labute approximate surface area is 147 Å². The molecule has 2 N–H and O–H groups in total. The predicted molar refractivity (Wildman–Crippen MR) is 101 cm³/mol. The van der Waals surface area contributed by atoms with E-state index in [1.54, 1.807) is 11.3 Å². The second-order valence-corrected chi connectivity index (χ2v) is 6.53. The number of thiazole rings is 1. The lowest BCUT2D eigenvalue weighted by Crippen LogP contribution is -2.13. The average Bonchev–Trinajstić information content (AvgIpc) is 3.05. The van der Waals surface area contributed by atoms with Gasteiger partial charge in [0.2, 0.25) is 0 Å². The highest BCUT2D eigenvalue weighted by atomic mass is 32.1. The van der Waals surface area contributed by atoms with Crippen LogP contribution in [0, 0.1) is 0 Å². The summed E-state index contributed by atoms with van der Waals surface area (Å²) in [6.45, 7) is 4.02. The zero-order valence-corrected chi connectivity index (χ0v) is 14.6. The van der Waals surface area contributed by atoms with Gasteiger partial charge in [0.25, 0.3) is 0 Å². The summed E-state index contributed by atoms with van der Waals surface area (Å²) in [5, 5.41) is 9.78. The van der Waals surface area contributed by atoms with Gasteiger partial charge in [0.05, 0.1) is 5.69 Å². The first-order chi connectivity index (χ1) is 11.8. The van der Waals surface area contributed by atoms with E-state index in [1.807, 2.05) is 12.4 Å². The molecule has 4 nitrogen and oxygen atoms in total. The minimum atomic E-state index is 0.830. The number of anilines is 2. The van der Waals surface area contributed by atoms with Crippen LogP contribution in [-0.4, -0.2) is 16.5 Å². The highest BCUT2D eigenvalue weighted by Crippen LogP contribution is 2.21. The third-order valence-corrected chi connectivity index (χ3v) is 4.45. The average molecular weight is 338 g/mol. The highest BCUT2D eigenvalue weighted by molar-refractivity contribution is 7.13. The molecule has 0 atom stereocenters. The van der Waals surface area contributed by atoms with Crippen LogP contribution in [-0.2, 0) is 13.0 Å². The topological polar surface area (TPSA) is 49.8 Å². The van der Waals surface area contributed by atoms with Gasteiger partial charge in [-0.15, -0.1) is 11.3 Å². The number of benzene rings is 1. The van der Waals surface area contributed by atoms with Crippen molar-refractivity contribution in [2.45, 2.75) is 26.3 Å². The summed E-state index contributed by atoms with van der Waals surface area (Å²) >= 11 is 1.64. The summed E-state index contributed by atoms with van der Waals surface area (Å²) in [6, 6.07) is 12.6. The van der Waals surface area contributed by atoms with E-state index in [4.69, 9.17) is 0 Å². The second-order valence-electron chi connectivity index (χ2n) is 5.67. The number of aromatic nitrogens is 2. The van der Waals surface area contributed by atoms with Crippen molar-refractivity contribution in [3.8, 4) is 0 Å². The van der Waals surface area contributed by atoms with Crippen molar-refractivity contribution in [2.75, 3.05) is 11.9 Å². The first-order valence-electron chi connectivity index (χ1n) is 8.23. The van der Waals surface area contributed by atoms with Gasteiger partial charge in [-0.1, -0.05) is 19.1 Å². The van der Waals surface area contributed by atoms with Crippen LogP contribution >= 0.6 is 11.3 Å². The molecule has 2 aromatic heterocycles. The normalized spacial score (nSPS) is 10.7. The smallest absolute Gasteiger partial charge is 0.187 e. The van der Waals surface area contributed by atoms with Crippen molar-refractivity contribution >= 4 is 22.2 Å². The molecule has 0 saturated carbocycles. The Morgan fingerprint density at radius 2 is 1.75 bits per heavy atom. The minimum absolute atomic E-state index is 0.830. The molecule has 0 aliphatic heterocycles. The van der Waals surface area contributed by atoms with Gasteiger partial charge in [0.1, 0.15) is 0 Å². The minimum Gasteiger partial charge on any atom is -0.332 e. The monoisotopic (exact) mass is 338 g/mol. The van der Waals surface area contributed by atoms with Crippen LogP contribution in [0.5, 0.6) is 0 Å². The van der Waals surface area contributed by atoms with E-state index in [0.29, 0.717) is 0 Å². The molecule has 3 rings (SSSR count). The number of nitrogens with zero attached hydrogens (tertiary/aromatic N) is 2. The summed E-state index contributed by atoms with van der Waals surface area (Å²) in [6.07, 6.45) is 5.73. The van der Waals surface area contributed by atoms with Crippen molar-refractivity contribution in [1.82, 2.24) is 15.3 Å². The Hall–Kier alpha value is -2.24. The van der Waals surface area contributed by atoms with E-state index in [1.165, 1.54) is 11.1 Å². The Morgan fingerprint density at radius 1 is 1.00 bits per heavy atom. The van der Waals surface area contributed by atoms with Gasteiger partial charge in [-0.2, -0.15) is 0 Å². The summed E-state index contributed by atoms with van der Waals surface area (Å²) in [5.41, 5.74) is 4.71. The Balaban J connectivity index is 1.56. The lowest BCUT2D eigenvalue weighted by Gasteiger charge is -2.05. The molecular formula is C19H22N4S. The van der Waals surface area contributed by atoms with Gasteiger partial charge in [0.15, 0.2) is 5.13 Å². The summed E-state index contributed by atoms with van der Waals surface area (Å²) in [7, 11) is 0. The number of pyridine rings is 1. The van der Waals surface area contributed by atoms with E-state index in [9.17, 15) is 0 Å². The van der Waals surface area contributed by atoms with Gasteiger partial charge >= 0.3 is 0 Å². The first kappa shape index (κ1) is 16.6. The Kier molecular flexibility index (Phi) is 5.93. The predicted octanol–water partition coefficient (Wildman–Crippen LogP) is 4.37. The van der Waals surface area contributed by atoms with Crippen molar-refractivity contribution < 1.29 is 0 Å². The molecule has 0 fully saturated rings. The molecule has 1 aromatic carbocycles. The van der Waals surface area contributed by atoms with Gasteiger partial charge in [0, 0.05) is 30.0 Å². The Morgan fingerprint density at radius 3 is 2.50 bits per heavy atom. The Bertz CT molecular complexity index is 738. The van der Waals surface area contributed by atoms with E-state index in [0.717, 1.165) is 42.4 Å². The SMILES string of the molecule is CCCNCc1csc(Nc2ccc(Cc3ccncc3)cc2)n1. The molecule has 0 bridgehead atoms. The third-order valence-electron chi connectivity index (χ3n) is 3.65. The van der Waals surface area contributed by atoms with Crippen LogP contribution in [0.25, 0.3) is 0 Å². The quantitative estimate of drug-likeness (QED) is 0.599. The number of hydrogen-bond acceptors (Lipinski definition) is 5. The van der Waals surface area contributed by atoms with E-state index < -0.39 is 0 Å². The molecule has 0 saturated heterocycles. The molecule has 124 valence electrons. The summed E-state index contributed by atoms with van der Waals surface area (Å²) < 4.78 is 0. The zero-order chi connectivity index (χ0) is 16.6. The van der Waals surface area contributed by atoms with Gasteiger partial charge in [-0.3, -0.25) is 4.98 Å². The second kappa shape index (κ2) is 8.57. The van der Waals surface area contributed by atoms with Crippen LogP contribution in [0.4, 0.5) is 10.8 Å². The molecule has 3 aromatic rings. The molecule has 2 heterocycles. The van der Waals surface area contributed by atoms with E-state index in [-0.39, 0.29) is 0 Å². The molecule has 0 spiro atoms. The molecular weight excluding hydrogens is 316 g/mol. The van der Waals surface area contributed by atoms with Crippen molar-refractivity contribution in [3.05, 3.63) is 71.0 Å². The van der Waals surface area contributed by atoms with Gasteiger partial charge < -0.3 is 10.6 Å². The maximum absolute atomic E-state index is 4.61. The third kappa shape index (κ3) is 4.88. The molecule has 0 unspecified atom stereocenters. The fourth-order valence-corrected chi connectivity index (χ4v) is 3.14. The fraction of sp³-hybridized carbons (Fsp3) is 0.263. The fourth-order valence-electron chi connectivity index (χ4n) is 2.40. The van der Waals surface area contributed by atoms with Crippen molar-refractivity contribution in [2.24, 2.45) is 0 Å². The number of hydrogen-bond donors (Lipinski definition) is 2. The van der Waals surface area contributed by atoms with Crippen LogP contribution in [0.1, 0.15) is 30.2 Å². The maximum atomic E-state index is 4.61. The van der Waals surface area contributed by atoms with E-state index >= 15 is 0 Å². The molecule has 0 aliphatic carbocycles. The van der Waals surface area contributed by atoms with Crippen LogP contribution in [0.3, 0.4) is 0 Å². The number of rotatable bonds is 8. The largest absolute Gasteiger partial charge is 0.332 e. The zero-order valence-electron chi connectivity index (χ0n) is 13.8. The molecule has 24 heavy (non-hydrogen) atoms. The lowest BCUT2D eigenvalue weighted by atomic mass is 10.1. The first-order valence-corrected chi connectivity index (χ1v) is 9.11. The van der Waals surface area contributed by atoms with Crippen molar-refractivity contribution in [1.29, 1.82) is 0 Å². The number of nitrogens with one attached hydrogen (secondary N) is 2. The molecule has 0 aliphatic rings. The molecule has 5 heteroatoms. The lowest BCUT2D eigenvalue weighted by molar-refractivity contribution is 0.667. The molecule has 0 radical (unpaired) electrons.